The number of anilines is 1. The van der Waals surface area contributed by atoms with E-state index in [0.29, 0.717) is 17.9 Å². The molecule has 6 heteroatoms. The smallest absolute Gasteiger partial charge is 0.365 e. The largest absolute Gasteiger partial charge is 0.417 e. The Morgan fingerprint density at radius 2 is 1.62 bits per heavy atom. The average Bonchev–Trinajstić information content (AvgIpc) is 2.71. The van der Waals surface area contributed by atoms with Gasteiger partial charge < -0.3 is 5.32 Å². The van der Waals surface area contributed by atoms with Crippen LogP contribution in [0.3, 0.4) is 0 Å². The van der Waals surface area contributed by atoms with Gasteiger partial charge in [0.2, 0.25) is 0 Å². The summed E-state index contributed by atoms with van der Waals surface area (Å²) in [5.41, 5.74) is 1.99. The molecule has 0 fully saturated rings. The molecule has 1 aromatic heterocycles. The number of hydrogen-bond acceptors (Lipinski definition) is 3. The summed E-state index contributed by atoms with van der Waals surface area (Å²) in [5.74, 6) is 0.549. The summed E-state index contributed by atoms with van der Waals surface area (Å²) in [5, 5.41) is 4.02. The number of aromatic nitrogens is 2. The van der Waals surface area contributed by atoms with Crippen LogP contribution in [-0.4, -0.2) is 9.97 Å². The summed E-state index contributed by atoms with van der Waals surface area (Å²) in [6, 6.07) is 20.7. The van der Waals surface area contributed by atoms with Gasteiger partial charge in [-0.1, -0.05) is 60.2 Å². The first-order valence-corrected chi connectivity index (χ1v) is 9.14. The molecule has 0 saturated heterocycles. The van der Waals surface area contributed by atoms with E-state index < -0.39 is 11.7 Å². The summed E-state index contributed by atoms with van der Waals surface area (Å²) in [4.78, 5) is 8.86. The Morgan fingerprint density at radius 1 is 0.862 bits per heavy atom. The van der Waals surface area contributed by atoms with E-state index in [1.807, 2.05) is 37.3 Å². The molecule has 0 bridgehead atoms. The van der Waals surface area contributed by atoms with E-state index in [9.17, 15) is 13.2 Å². The molecule has 1 heterocycles. The van der Waals surface area contributed by atoms with Gasteiger partial charge in [0.25, 0.3) is 0 Å². The third-order valence-corrected chi connectivity index (χ3v) is 4.62. The Bertz CT molecular complexity index is 1170. The van der Waals surface area contributed by atoms with Crippen LogP contribution in [0.1, 0.15) is 16.7 Å². The van der Waals surface area contributed by atoms with Crippen molar-refractivity contribution in [1.82, 2.24) is 9.97 Å². The SMILES string of the molecule is Cc1cccc(CNc2nc(-c3ccccc3C(F)(F)F)nc3ccccc23)c1. The number of rotatable bonds is 4. The molecule has 0 unspecified atom stereocenters. The van der Waals surface area contributed by atoms with Gasteiger partial charge in [0.15, 0.2) is 5.82 Å². The molecular weight excluding hydrogens is 375 g/mol. The summed E-state index contributed by atoms with van der Waals surface area (Å²) in [6.07, 6.45) is -4.49. The maximum absolute atomic E-state index is 13.5. The van der Waals surface area contributed by atoms with Crippen LogP contribution in [-0.2, 0) is 12.7 Å². The maximum Gasteiger partial charge on any atom is 0.417 e. The first-order valence-electron chi connectivity index (χ1n) is 9.14. The van der Waals surface area contributed by atoms with E-state index in [4.69, 9.17) is 0 Å². The minimum Gasteiger partial charge on any atom is -0.365 e. The van der Waals surface area contributed by atoms with E-state index in [1.165, 1.54) is 12.1 Å². The van der Waals surface area contributed by atoms with Gasteiger partial charge >= 0.3 is 6.18 Å². The van der Waals surface area contributed by atoms with Crippen LogP contribution in [0.15, 0.2) is 72.8 Å². The molecule has 1 N–H and O–H groups in total. The Morgan fingerprint density at radius 3 is 2.41 bits per heavy atom. The van der Waals surface area contributed by atoms with Crippen molar-refractivity contribution in [3.63, 3.8) is 0 Å². The van der Waals surface area contributed by atoms with Gasteiger partial charge in [-0.15, -0.1) is 0 Å². The van der Waals surface area contributed by atoms with Gasteiger partial charge in [-0.3, -0.25) is 0 Å². The average molecular weight is 393 g/mol. The number of para-hydroxylation sites is 1. The van der Waals surface area contributed by atoms with Crippen LogP contribution in [0.4, 0.5) is 19.0 Å². The van der Waals surface area contributed by atoms with Crippen LogP contribution in [0.25, 0.3) is 22.3 Å². The van der Waals surface area contributed by atoms with Gasteiger partial charge in [0.05, 0.1) is 11.1 Å². The van der Waals surface area contributed by atoms with E-state index in [-0.39, 0.29) is 11.4 Å². The summed E-state index contributed by atoms with van der Waals surface area (Å²) in [7, 11) is 0. The van der Waals surface area contributed by atoms with Gasteiger partial charge in [-0.25, -0.2) is 9.97 Å². The summed E-state index contributed by atoms with van der Waals surface area (Å²) in [6.45, 7) is 2.51. The summed E-state index contributed by atoms with van der Waals surface area (Å²) < 4.78 is 40.5. The molecule has 3 nitrogen and oxygen atoms in total. The van der Waals surface area contributed by atoms with Crippen LogP contribution in [0.5, 0.6) is 0 Å². The van der Waals surface area contributed by atoms with Gasteiger partial charge in [0, 0.05) is 17.5 Å². The van der Waals surface area contributed by atoms with E-state index in [0.717, 1.165) is 22.6 Å². The lowest BCUT2D eigenvalue weighted by atomic mass is 10.1. The second-order valence-electron chi connectivity index (χ2n) is 6.80. The molecule has 0 aliphatic heterocycles. The molecule has 29 heavy (non-hydrogen) atoms. The number of aryl methyl sites for hydroxylation is 1. The van der Waals surface area contributed by atoms with Crippen LogP contribution >= 0.6 is 0 Å². The van der Waals surface area contributed by atoms with Crippen LogP contribution in [0, 0.1) is 6.92 Å². The molecule has 0 aliphatic carbocycles. The lowest BCUT2D eigenvalue weighted by Gasteiger charge is -2.14. The predicted octanol–water partition coefficient (Wildman–Crippen LogP) is 6.24. The number of nitrogens with one attached hydrogen (secondary N) is 1. The standard InChI is InChI=1S/C23H18F3N3/c1-15-7-6-8-16(13-15)14-27-21-18-10-3-5-12-20(18)28-22(29-21)17-9-2-4-11-19(17)23(24,25)26/h2-13H,14H2,1H3,(H,27,28,29). The number of alkyl halides is 3. The minimum atomic E-state index is -4.49. The van der Waals surface area contributed by atoms with Crippen LogP contribution in [0.2, 0.25) is 0 Å². The Labute approximate surface area is 166 Å². The number of nitrogens with zero attached hydrogens (tertiary/aromatic N) is 2. The predicted molar refractivity (Wildman–Crippen MR) is 108 cm³/mol. The van der Waals surface area contributed by atoms with Crippen molar-refractivity contribution in [2.45, 2.75) is 19.6 Å². The molecular formula is C23H18F3N3. The lowest BCUT2D eigenvalue weighted by Crippen LogP contribution is -2.09. The highest BCUT2D eigenvalue weighted by molar-refractivity contribution is 5.90. The second kappa shape index (κ2) is 7.54. The fourth-order valence-corrected chi connectivity index (χ4v) is 3.26. The van der Waals surface area contributed by atoms with Crippen molar-refractivity contribution in [1.29, 1.82) is 0 Å². The number of hydrogen-bond donors (Lipinski definition) is 1. The molecule has 3 aromatic carbocycles. The number of fused-ring (bicyclic) bond motifs is 1. The number of halogens is 3. The zero-order chi connectivity index (χ0) is 20.4. The van der Waals surface area contributed by atoms with Crippen molar-refractivity contribution < 1.29 is 13.2 Å². The molecule has 0 aliphatic rings. The number of benzene rings is 3. The Balaban J connectivity index is 1.80. The third-order valence-electron chi connectivity index (χ3n) is 4.62. The fourth-order valence-electron chi connectivity index (χ4n) is 3.26. The highest BCUT2D eigenvalue weighted by Crippen LogP contribution is 2.36. The molecule has 0 spiro atoms. The summed E-state index contributed by atoms with van der Waals surface area (Å²) >= 11 is 0. The van der Waals surface area contributed by atoms with Crippen molar-refractivity contribution in [3.8, 4) is 11.4 Å². The Kier molecular flexibility index (Phi) is 4.92. The molecule has 4 rings (SSSR count). The molecule has 4 aromatic rings. The quantitative estimate of drug-likeness (QED) is 0.446. The Hall–Kier alpha value is -3.41. The first-order chi connectivity index (χ1) is 13.9. The van der Waals surface area contributed by atoms with Crippen molar-refractivity contribution in [3.05, 3.63) is 89.5 Å². The van der Waals surface area contributed by atoms with Gasteiger partial charge in [-0.2, -0.15) is 13.2 Å². The van der Waals surface area contributed by atoms with Gasteiger partial charge in [0.1, 0.15) is 5.82 Å². The third kappa shape index (κ3) is 4.06. The molecule has 0 atom stereocenters. The van der Waals surface area contributed by atoms with Gasteiger partial charge in [-0.05, 0) is 30.7 Å². The highest BCUT2D eigenvalue weighted by atomic mass is 19.4. The highest BCUT2D eigenvalue weighted by Gasteiger charge is 2.34. The second-order valence-corrected chi connectivity index (χ2v) is 6.80. The van der Waals surface area contributed by atoms with Crippen molar-refractivity contribution >= 4 is 16.7 Å². The fraction of sp³-hybridized carbons (Fsp3) is 0.130. The zero-order valence-corrected chi connectivity index (χ0v) is 15.7. The van der Waals surface area contributed by atoms with Crippen molar-refractivity contribution in [2.75, 3.05) is 5.32 Å². The van der Waals surface area contributed by atoms with Crippen molar-refractivity contribution in [2.24, 2.45) is 0 Å². The van der Waals surface area contributed by atoms with Crippen LogP contribution < -0.4 is 5.32 Å². The molecule has 0 amide bonds. The van der Waals surface area contributed by atoms with E-state index in [1.54, 1.807) is 18.2 Å². The molecule has 0 radical (unpaired) electrons. The lowest BCUT2D eigenvalue weighted by molar-refractivity contribution is -0.137. The zero-order valence-electron chi connectivity index (χ0n) is 15.7. The molecule has 0 saturated carbocycles. The monoisotopic (exact) mass is 393 g/mol. The molecule has 146 valence electrons. The minimum absolute atomic E-state index is 0.0376. The maximum atomic E-state index is 13.5. The first kappa shape index (κ1) is 18.9. The van der Waals surface area contributed by atoms with E-state index >= 15 is 0 Å². The van der Waals surface area contributed by atoms with E-state index in [2.05, 4.69) is 21.4 Å². The topological polar surface area (TPSA) is 37.8 Å². The normalized spacial score (nSPS) is 11.6.